The molecule has 0 aliphatic carbocycles. The summed E-state index contributed by atoms with van der Waals surface area (Å²) in [5, 5.41) is 7.94. The fourth-order valence-corrected chi connectivity index (χ4v) is 3.99. The first kappa shape index (κ1) is 22.9. The molecule has 0 radical (unpaired) electrons. The summed E-state index contributed by atoms with van der Waals surface area (Å²) in [5.74, 6) is 1.61. The number of benzene rings is 2. The van der Waals surface area contributed by atoms with Crippen molar-refractivity contribution in [3.63, 3.8) is 0 Å². The second-order valence-corrected chi connectivity index (χ2v) is 8.26. The minimum absolute atomic E-state index is 0.138. The van der Waals surface area contributed by atoms with E-state index in [1.165, 1.54) is 0 Å². The fourth-order valence-electron chi connectivity index (χ4n) is 3.87. The SMILES string of the molecule is CCCCN1C(=O)NC(c2ccc(OCC)cc2)C(c2nc(-c3ccc(Cl)cc3)no2)=C1C. The van der Waals surface area contributed by atoms with Crippen LogP contribution in [-0.2, 0) is 0 Å². The lowest BCUT2D eigenvalue weighted by molar-refractivity contribution is 0.204. The van der Waals surface area contributed by atoms with Crippen molar-refractivity contribution in [3.05, 3.63) is 70.7 Å². The van der Waals surface area contributed by atoms with Crippen LogP contribution in [-0.4, -0.2) is 34.2 Å². The number of ether oxygens (including phenoxy) is 1. The number of rotatable bonds is 8. The van der Waals surface area contributed by atoms with E-state index in [0.29, 0.717) is 29.9 Å². The Morgan fingerprint density at radius 3 is 2.52 bits per heavy atom. The number of urea groups is 1. The first-order valence-electron chi connectivity index (χ1n) is 11.1. The molecule has 2 amide bonds. The van der Waals surface area contributed by atoms with Crippen LogP contribution in [0.5, 0.6) is 5.75 Å². The maximum atomic E-state index is 13.0. The van der Waals surface area contributed by atoms with Crippen LogP contribution in [0.2, 0.25) is 5.02 Å². The fraction of sp³-hybridized carbons (Fsp3) is 0.320. The minimum atomic E-state index is -0.426. The lowest BCUT2D eigenvalue weighted by Gasteiger charge is -2.35. The van der Waals surface area contributed by atoms with Crippen LogP contribution in [0.3, 0.4) is 0 Å². The molecule has 3 aromatic rings. The number of hydrogen-bond donors (Lipinski definition) is 1. The number of amides is 2. The summed E-state index contributed by atoms with van der Waals surface area (Å²) in [6.07, 6.45) is 1.88. The molecule has 1 unspecified atom stereocenters. The van der Waals surface area contributed by atoms with Crippen molar-refractivity contribution in [1.82, 2.24) is 20.4 Å². The summed E-state index contributed by atoms with van der Waals surface area (Å²) in [6, 6.07) is 14.4. The monoisotopic (exact) mass is 466 g/mol. The van der Waals surface area contributed by atoms with Crippen LogP contribution in [0, 0.1) is 0 Å². The highest BCUT2D eigenvalue weighted by atomic mass is 35.5. The second kappa shape index (κ2) is 10.1. The molecule has 33 heavy (non-hydrogen) atoms. The van der Waals surface area contributed by atoms with Gasteiger partial charge in [0, 0.05) is 22.8 Å². The average Bonchev–Trinajstić information content (AvgIpc) is 3.29. The lowest BCUT2D eigenvalue weighted by Crippen LogP contribution is -2.46. The van der Waals surface area contributed by atoms with E-state index < -0.39 is 6.04 Å². The third-order valence-corrected chi connectivity index (χ3v) is 5.87. The molecule has 1 atom stereocenters. The summed E-state index contributed by atoms with van der Waals surface area (Å²) in [5.41, 5.74) is 3.29. The van der Waals surface area contributed by atoms with Gasteiger partial charge in [0.2, 0.25) is 5.82 Å². The zero-order valence-corrected chi connectivity index (χ0v) is 19.7. The quantitative estimate of drug-likeness (QED) is 0.434. The molecular formula is C25H27ClN4O3. The minimum Gasteiger partial charge on any atom is -0.494 e. The van der Waals surface area contributed by atoms with E-state index in [0.717, 1.165) is 41.0 Å². The number of nitrogens with one attached hydrogen (secondary N) is 1. The van der Waals surface area contributed by atoms with Crippen molar-refractivity contribution in [1.29, 1.82) is 0 Å². The predicted molar refractivity (Wildman–Crippen MR) is 128 cm³/mol. The smallest absolute Gasteiger partial charge is 0.322 e. The van der Waals surface area contributed by atoms with Gasteiger partial charge in [0.05, 0.1) is 18.2 Å². The molecule has 2 heterocycles. The molecule has 0 spiro atoms. The van der Waals surface area contributed by atoms with Crippen molar-refractivity contribution >= 4 is 23.2 Å². The summed E-state index contributed by atoms with van der Waals surface area (Å²) >= 11 is 6.01. The van der Waals surface area contributed by atoms with Crippen LogP contribution < -0.4 is 10.1 Å². The molecule has 1 N–H and O–H groups in total. The van der Waals surface area contributed by atoms with Gasteiger partial charge in [-0.2, -0.15) is 4.98 Å². The predicted octanol–water partition coefficient (Wildman–Crippen LogP) is 6.09. The highest BCUT2D eigenvalue weighted by Crippen LogP contribution is 2.38. The molecular weight excluding hydrogens is 440 g/mol. The van der Waals surface area contributed by atoms with E-state index in [2.05, 4.69) is 22.4 Å². The van der Waals surface area contributed by atoms with Gasteiger partial charge in [-0.15, -0.1) is 0 Å². The second-order valence-electron chi connectivity index (χ2n) is 7.82. The zero-order chi connectivity index (χ0) is 23.4. The Kier molecular flexibility index (Phi) is 6.99. The molecule has 1 aliphatic heterocycles. The highest BCUT2D eigenvalue weighted by Gasteiger charge is 2.35. The van der Waals surface area contributed by atoms with Gasteiger partial charge in [-0.1, -0.05) is 42.2 Å². The number of aromatic nitrogens is 2. The number of carbonyl (C=O) groups excluding carboxylic acids is 1. The van der Waals surface area contributed by atoms with Gasteiger partial charge in [-0.05, 0) is 62.2 Å². The number of nitrogens with zero attached hydrogens (tertiary/aromatic N) is 3. The van der Waals surface area contributed by atoms with Crippen LogP contribution in [0.4, 0.5) is 4.79 Å². The largest absolute Gasteiger partial charge is 0.494 e. The normalized spacial score (nSPS) is 16.2. The first-order chi connectivity index (χ1) is 16.0. The van der Waals surface area contributed by atoms with E-state index in [4.69, 9.17) is 20.9 Å². The summed E-state index contributed by atoms with van der Waals surface area (Å²) < 4.78 is 11.3. The molecule has 0 saturated heterocycles. The van der Waals surface area contributed by atoms with Gasteiger partial charge < -0.3 is 14.6 Å². The van der Waals surface area contributed by atoms with Crippen molar-refractivity contribution in [2.75, 3.05) is 13.2 Å². The molecule has 172 valence electrons. The molecule has 7 nitrogen and oxygen atoms in total. The molecule has 2 aromatic carbocycles. The summed E-state index contributed by atoms with van der Waals surface area (Å²) in [6.45, 7) is 7.17. The van der Waals surface area contributed by atoms with E-state index in [-0.39, 0.29) is 6.03 Å². The average molecular weight is 467 g/mol. The Bertz CT molecular complexity index is 1140. The summed E-state index contributed by atoms with van der Waals surface area (Å²) in [7, 11) is 0. The van der Waals surface area contributed by atoms with Crippen molar-refractivity contribution in [2.24, 2.45) is 0 Å². The molecule has 4 rings (SSSR count). The van der Waals surface area contributed by atoms with Gasteiger partial charge >= 0.3 is 6.03 Å². The Labute approximate surface area is 198 Å². The van der Waals surface area contributed by atoms with Gasteiger partial charge in [-0.25, -0.2) is 4.79 Å². The standard InChI is InChI=1S/C25H27ClN4O3/c1-4-6-15-30-16(3)21(24-28-23(29-33-24)18-7-11-19(26)12-8-18)22(27-25(30)31)17-9-13-20(14-10-17)32-5-2/h7-14,22H,4-6,15H2,1-3H3,(H,27,31). The van der Waals surface area contributed by atoms with Gasteiger partial charge in [-0.3, -0.25) is 4.90 Å². The number of hydrogen-bond acceptors (Lipinski definition) is 5. The number of halogens is 1. The third kappa shape index (κ3) is 4.88. The van der Waals surface area contributed by atoms with Crippen molar-refractivity contribution in [3.8, 4) is 17.1 Å². The number of unbranched alkanes of at least 4 members (excludes halogenated alkanes) is 1. The van der Waals surface area contributed by atoms with Crippen molar-refractivity contribution < 1.29 is 14.1 Å². The number of allylic oxidation sites excluding steroid dienone is 1. The Hall–Kier alpha value is -3.32. The maximum Gasteiger partial charge on any atom is 0.322 e. The van der Waals surface area contributed by atoms with E-state index in [1.54, 1.807) is 17.0 Å². The zero-order valence-electron chi connectivity index (χ0n) is 19.0. The molecule has 8 heteroatoms. The van der Waals surface area contributed by atoms with Crippen LogP contribution in [0.15, 0.2) is 58.8 Å². The molecule has 0 bridgehead atoms. The van der Waals surface area contributed by atoms with Gasteiger partial charge in [0.15, 0.2) is 0 Å². The van der Waals surface area contributed by atoms with E-state index in [9.17, 15) is 4.79 Å². The highest BCUT2D eigenvalue weighted by molar-refractivity contribution is 6.30. The molecule has 1 aliphatic rings. The Morgan fingerprint density at radius 2 is 1.85 bits per heavy atom. The molecule has 0 fully saturated rings. The Morgan fingerprint density at radius 1 is 1.12 bits per heavy atom. The van der Waals surface area contributed by atoms with E-state index in [1.807, 2.05) is 50.2 Å². The van der Waals surface area contributed by atoms with E-state index >= 15 is 0 Å². The molecule has 1 aromatic heterocycles. The van der Waals surface area contributed by atoms with Crippen LogP contribution in [0.1, 0.15) is 51.1 Å². The van der Waals surface area contributed by atoms with Gasteiger partial charge in [0.1, 0.15) is 5.75 Å². The third-order valence-electron chi connectivity index (χ3n) is 5.61. The topological polar surface area (TPSA) is 80.5 Å². The van der Waals surface area contributed by atoms with Crippen molar-refractivity contribution in [2.45, 2.75) is 39.7 Å². The van der Waals surface area contributed by atoms with Crippen LogP contribution in [0.25, 0.3) is 17.0 Å². The summed E-state index contributed by atoms with van der Waals surface area (Å²) in [4.78, 5) is 19.4. The maximum absolute atomic E-state index is 13.0. The number of carbonyl (C=O) groups is 1. The Balaban J connectivity index is 1.75. The first-order valence-corrected chi connectivity index (χ1v) is 11.5. The van der Waals surface area contributed by atoms with Crippen LogP contribution >= 0.6 is 11.6 Å². The van der Waals surface area contributed by atoms with Gasteiger partial charge in [0.25, 0.3) is 5.89 Å². The molecule has 0 saturated carbocycles. The lowest BCUT2D eigenvalue weighted by atomic mass is 9.94.